The lowest BCUT2D eigenvalue weighted by Gasteiger charge is -2.29. The molecule has 1 nitrogen and oxygen atoms in total. The van der Waals surface area contributed by atoms with Crippen molar-refractivity contribution in [2.75, 3.05) is 0 Å². The Bertz CT molecular complexity index is 962. The number of allylic oxidation sites excluding steroid dienone is 2. The molecule has 2 fully saturated rings. The zero-order valence-electron chi connectivity index (χ0n) is 21.8. The van der Waals surface area contributed by atoms with E-state index in [1.807, 2.05) is 30.3 Å². The van der Waals surface area contributed by atoms with Gasteiger partial charge in [-0.1, -0.05) is 60.7 Å². The van der Waals surface area contributed by atoms with E-state index in [4.69, 9.17) is 4.74 Å². The molecular formula is C33H42F2O. The molecule has 2 saturated carbocycles. The Morgan fingerprint density at radius 3 is 1.89 bits per heavy atom. The summed E-state index contributed by atoms with van der Waals surface area (Å²) in [4.78, 5) is 0. The number of halogens is 2. The van der Waals surface area contributed by atoms with Crippen molar-refractivity contribution in [3.63, 3.8) is 0 Å². The first kappa shape index (κ1) is 26.8. The van der Waals surface area contributed by atoms with Crippen molar-refractivity contribution >= 4 is 0 Å². The van der Waals surface area contributed by atoms with Crippen LogP contribution in [0.15, 0.2) is 73.8 Å². The fraction of sp³-hybridized carbons (Fsp3) is 0.515. The molecule has 1 unspecified atom stereocenters. The largest absolute Gasteiger partial charge is 0.383 e. The average Bonchev–Trinajstić information content (AvgIpc) is 2.92. The molecule has 0 radical (unpaired) electrons. The fourth-order valence-corrected chi connectivity index (χ4v) is 6.17. The van der Waals surface area contributed by atoms with Gasteiger partial charge in [0, 0.05) is 0 Å². The smallest absolute Gasteiger partial charge is 0.309 e. The molecule has 2 aromatic rings. The summed E-state index contributed by atoms with van der Waals surface area (Å²) >= 11 is 0. The third kappa shape index (κ3) is 6.73. The molecule has 0 saturated heterocycles. The summed E-state index contributed by atoms with van der Waals surface area (Å²) in [6.07, 6.45) is 11.7. The maximum Gasteiger partial charge on any atom is 0.383 e. The normalized spacial score (nSPS) is 25.8. The quantitative estimate of drug-likeness (QED) is 0.300. The lowest BCUT2D eigenvalue weighted by Crippen LogP contribution is -2.20. The SMILES string of the molecule is C=CCCC1CCC(c2ccc(C(F)(F)OC(C)c3ccc(C4CCC(C=C)CC4)cc3)cc2)CC1. The number of ether oxygens (including phenoxy) is 1. The van der Waals surface area contributed by atoms with Crippen LogP contribution in [0.1, 0.15) is 111 Å². The van der Waals surface area contributed by atoms with Crippen LogP contribution >= 0.6 is 0 Å². The van der Waals surface area contributed by atoms with E-state index < -0.39 is 12.2 Å². The summed E-state index contributed by atoms with van der Waals surface area (Å²) in [5.74, 6) is 2.43. The highest BCUT2D eigenvalue weighted by atomic mass is 19.3. The molecule has 0 bridgehead atoms. The second kappa shape index (κ2) is 12.3. The molecule has 1 atom stereocenters. The monoisotopic (exact) mass is 492 g/mol. The molecule has 36 heavy (non-hydrogen) atoms. The van der Waals surface area contributed by atoms with E-state index in [1.54, 1.807) is 19.1 Å². The first-order valence-electron chi connectivity index (χ1n) is 13.9. The fourth-order valence-electron chi connectivity index (χ4n) is 6.17. The van der Waals surface area contributed by atoms with Gasteiger partial charge in [-0.3, -0.25) is 0 Å². The molecule has 2 aliphatic rings. The van der Waals surface area contributed by atoms with Gasteiger partial charge in [0.1, 0.15) is 0 Å². The van der Waals surface area contributed by atoms with Crippen LogP contribution in [-0.2, 0) is 10.8 Å². The van der Waals surface area contributed by atoms with Gasteiger partial charge in [0.15, 0.2) is 0 Å². The Hall–Kier alpha value is -2.26. The molecule has 2 aromatic carbocycles. The van der Waals surface area contributed by atoms with Crippen LogP contribution in [0.3, 0.4) is 0 Å². The predicted octanol–water partition coefficient (Wildman–Crippen LogP) is 10.2. The minimum atomic E-state index is -3.33. The molecule has 4 rings (SSSR count). The average molecular weight is 493 g/mol. The molecule has 194 valence electrons. The first-order valence-corrected chi connectivity index (χ1v) is 13.9. The minimum absolute atomic E-state index is 0.0756. The Labute approximate surface area is 216 Å². The molecule has 0 spiro atoms. The third-order valence-electron chi connectivity index (χ3n) is 8.65. The maximum atomic E-state index is 15.0. The Morgan fingerprint density at radius 1 is 0.833 bits per heavy atom. The number of alkyl halides is 2. The van der Waals surface area contributed by atoms with Gasteiger partial charge in [0.25, 0.3) is 0 Å². The van der Waals surface area contributed by atoms with Crippen molar-refractivity contribution in [2.24, 2.45) is 11.8 Å². The Balaban J connectivity index is 1.32. The Kier molecular flexibility index (Phi) is 9.17. The van der Waals surface area contributed by atoms with Crippen LogP contribution in [0.25, 0.3) is 0 Å². The van der Waals surface area contributed by atoms with Gasteiger partial charge in [-0.15, -0.1) is 13.2 Å². The van der Waals surface area contributed by atoms with Gasteiger partial charge in [0.05, 0.1) is 11.7 Å². The van der Waals surface area contributed by atoms with Crippen LogP contribution in [0.5, 0.6) is 0 Å². The van der Waals surface area contributed by atoms with Crippen molar-refractivity contribution < 1.29 is 13.5 Å². The van der Waals surface area contributed by atoms with Gasteiger partial charge in [-0.25, -0.2) is 0 Å². The predicted molar refractivity (Wildman–Crippen MR) is 145 cm³/mol. The first-order chi connectivity index (χ1) is 17.4. The van der Waals surface area contributed by atoms with E-state index >= 15 is 8.78 Å². The van der Waals surface area contributed by atoms with Crippen LogP contribution in [-0.4, -0.2) is 0 Å². The summed E-state index contributed by atoms with van der Waals surface area (Å²) in [5, 5.41) is 0. The van der Waals surface area contributed by atoms with Crippen molar-refractivity contribution in [1.82, 2.24) is 0 Å². The van der Waals surface area contributed by atoms with Gasteiger partial charge in [-0.05, 0) is 111 Å². The Morgan fingerprint density at radius 2 is 1.36 bits per heavy atom. The third-order valence-corrected chi connectivity index (χ3v) is 8.65. The summed E-state index contributed by atoms with van der Waals surface area (Å²) in [7, 11) is 0. The van der Waals surface area contributed by atoms with Gasteiger partial charge in [-0.2, -0.15) is 8.78 Å². The van der Waals surface area contributed by atoms with Crippen LogP contribution in [0.4, 0.5) is 8.78 Å². The molecule has 2 aliphatic carbocycles. The molecule has 0 N–H and O–H groups in total. The molecule has 3 heteroatoms. The zero-order valence-corrected chi connectivity index (χ0v) is 21.8. The van der Waals surface area contributed by atoms with Gasteiger partial charge in [0.2, 0.25) is 0 Å². The number of benzene rings is 2. The van der Waals surface area contributed by atoms with E-state index in [0.29, 0.717) is 17.8 Å². The van der Waals surface area contributed by atoms with E-state index in [1.165, 1.54) is 43.2 Å². The molecule has 0 aromatic heterocycles. The van der Waals surface area contributed by atoms with E-state index in [-0.39, 0.29) is 5.56 Å². The lowest BCUT2D eigenvalue weighted by atomic mass is 9.77. The van der Waals surface area contributed by atoms with Crippen molar-refractivity contribution in [3.8, 4) is 0 Å². The van der Waals surface area contributed by atoms with Crippen LogP contribution in [0.2, 0.25) is 0 Å². The minimum Gasteiger partial charge on any atom is -0.309 e. The molecular weight excluding hydrogens is 450 g/mol. The summed E-state index contributed by atoms with van der Waals surface area (Å²) in [6.45, 7) is 9.45. The summed E-state index contributed by atoms with van der Waals surface area (Å²) < 4.78 is 35.4. The topological polar surface area (TPSA) is 9.23 Å². The van der Waals surface area contributed by atoms with Crippen molar-refractivity contribution in [2.45, 2.75) is 95.2 Å². The van der Waals surface area contributed by atoms with Gasteiger partial charge >= 0.3 is 6.11 Å². The zero-order chi connectivity index (χ0) is 25.5. The van der Waals surface area contributed by atoms with E-state index in [9.17, 15) is 0 Å². The highest BCUT2D eigenvalue weighted by molar-refractivity contribution is 5.29. The maximum absolute atomic E-state index is 15.0. The van der Waals surface area contributed by atoms with Crippen LogP contribution in [0, 0.1) is 11.8 Å². The molecule has 0 aliphatic heterocycles. The number of hydrogen-bond acceptors (Lipinski definition) is 1. The molecule has 0 amide bonds. The van der Waals surface area contributed by atoms with Gasteiger partial charge < -0.3 is 4.74 Å². The second-order valence-electron chi connectivity index (χ2n) is 11.0. The summed E-state index contributed by atoms with van der Waals surface area (Å²) in [6, 6.07) is 14.9. The molecule has 0 heterocycles. The summed E-state index contributed by atoms with van der Waals surface area (Å²) in [5.41, 5.74) is 3.17. The lowest BCUT2D eigenvalue weighted by molar-refractivity contribution is -0.272. The van der Waals surface area contributed by atoms with E-state index in [2.05, 4.69) is 31.4 Å². The van der Waals surface area contributed by atoms with E-state index in [0.717, 1.165) is 43.6 Å². The highest BCUT2D eigenvalue weighted by Crippen LogP contribution is 2.40. The highest BCUT2D eigenvalue weighted by Gasteiger charge is 2.35. The van der Waals surface area contributed by atoms with Crippen molar-refractivity contribution in [1.29, 1.82) is 0 Å². The standard InChI is InChI=1S/C33H42F2O/c1-4-6-7-26-10-14-29(15-11-26)31-20-22-32(23-21-31)33(34,35)36-24(3)27-16-18-30(19-17-27)28-12-8-25(5-2)9-13-28/h4-5,16-26,28-29H,1-2,6-15H2,3H3. The van der Waals surface area contributed by atoms with Crippen LogP contribution < -0.4 is 0 Å². The number of rotatable bonds is 10. The van der Waals surface area contributed by atoms with Crippen molar-refractivity contribution in [3.05, 3.63) is 96.1 Å². The second-order valence-corrected chi connectivity index (χ2v) is 11.0. The number of hydrogen-bond donors (Lipinski definition) is 0.